The average molecular weight is 243 g/mol. The van der Waals surface area contributed by atoms with Crippen LogP contribution in [0.1, 0.15) is 26.2 Å². The highest BCUT2D eigenvalue weighted by molar-refractivity contribution is 4.82. The zero-order valence-corrected chi connectivity index (χ0v) is 11.7. The van der Waals surface area contributed by atoms with E-state index in [4.69, 9.17) is 0 Å². The quantitative estimate of drug-likeness (QED) is 0.582. The molecule has 1 atom stereocenters. The Kier molecular flexibility index (Phi) is 7.04. The lowest BCUT2D eigenvalue weighted by atomic mass is 10.3. The van der Waals surface area contributed by atoms with Gasteiger partial charge in [-0.05, 0) is 39.9 Å². The van der Waals surface area contributed by atoms with Gasteiger partial charge >= 0.3 is 0 Å². The van der Waals surface area contributed by atoms with Crippen LogP contribution in [-0.4, -0.2) is 73.9 Å². The molecule has 1 aliphatic carbocycles. The molecule has 0 bridgehead atoms. The van der Waals surface area contributed by atoms with E-state index in [-0.39, 0.29) is 6.10 Å². The molecule has 17 heavy (non-hydrogen) atoms. The van der Waals surface area contributed by atoms with Gasteiger partial charge in [0.1, 0.15) is 0 Å². The summed E-state index contributed by atoms with van der Waals surface area (Å²) in [5, 5.41) is 13.4. The normalized spacial score (nSPS) is 18.0. The second kappa shape index (κ2) is 8.03. The van der Waals surface area contributed by atoms with Crippen molar-refractivity contribution >= 4 is 0 Å². The van der Waals surface area contributed by atoms with Crippen LogP contribution in [0.3, 0.4) is 0 Å². The molecule has 0 spiro atoms. The highest BCUT2D eigenvalue weighted by atomic mass is 16.3. The molecule has 1 unspecified atom stereocenters. The number of aliphatic hydroxyl groups is 1. The highest BCUT2D eigenvalue weighted by Crippen LogP contribution is 2.18. The van der Waals surface area contributed by atoms with Crippen molar-refractivity contribution in [3.05, 3.63) is 0 Å². The summed E-state index contributed by atoms with van der Waals surface area (Å²) in [7, 11) is 4.18. The Labute approximate surface area is 106 Å². The zero-order valence-electron chi connectivity index (χ0n) is 11.7. The first kappa shape index (κ1) is 14.9. The molecule has 2 N–H and O–H groups in total. The largest absolute Gasteiger partial charge is 0.390 e. The van der Waals surface area contributed by atoms with E-state index in [0.29, 0.717) is 6.04 Å². The van der Waals surface area contributed by atoms with E-state index in [0.717, 1.165) is 39.1 Å². The van der Waals surface area contributed by atoms with Gasteiger partial charge in [-0.1, -0.05) is 6.92 Å². The van der Waals surface area contributed by atoms with Crippen LogP contribution >= 0.6 is 0 Å². The smallest absolute Gasteiger partial charge is 0.0791 e. The Morgan fingerprint density at radius 2 is 1.94 bits per heavy atom. The van der Waals surface area contributed by atoms with Gasteiger partial charge in [0.05, 0.1) is 6.10 Å². The minimum absolute atomic E-state index is 0.232. The molecule has 0 heterocycles. The fourth-order valence-electron chi connectivity index (χ4n) is 1.90. The first-order chi connectivity index (χ1) is 8.11. The maximum absolute atomic E-state index is 9.97. The Balaban J connectivity index is 2.15. The van der Waals surface area contributed by atoms with Crippen LogP contribution in [0.2, 0.25) is 0 Å². The SMILES string of the molecule is CCCN(CCN(C)C)CC(O)CNC1CC1. The predicted molar refractivity (Wildman–Crippen MR) is 72.3 cm³/mol. The third-order valence-electron chi connectivity index (χ3n) is 3.09. The van der Waals surface area contributed by atoms with Crippen LogP contribution in [0.4, 0.5) is 0 Å². The van der Waals surface area contributed by atoms with Crippen molar-refractivity contribution in [2.45, 2.75) is 38.3 Å². The van der Waals surface area contributed by atoms with Crippen LogP contribution in [-0.2, 0) is 0 Å². The van der Waals surface area contributed by atoms with E-state index in [1.807, 2.05) is 0 Å². The van der Waals surface area contributed by atoms with E-state index in [9.17, 15) is 5.11 Å². The van der Waals surface area contributed by atoms with Crippen molar-refractivity contribution in [2.24, 2.45) is 0 Å². The van der Waals surface area contributed by atoms with Crippen molar-refractivity contribution in [2.75, 3.05) is 46.8 Å². The number of likely N-dealkylation sites (N-methyl/N-ethyl adjacent to an activating group) is 1. The maximum Gasteiger partial charge on any atom is 0.0791 e. The molecule has 0 radical (unpaired) electrons. The van der Waals surface area contributed by atoms with Crippen molar-refractivity contribution < 1.29 is 5.11 Å². The first-order valence-corrected chi connectivity index (χ1v) is 6.90. The molecule has 1 saturated carbocycles. The lowest BCUT2D eigenvalue weighted by Crippen LogP contribution is -2.41. The van der Waals surface area contributed by atoms with E-state index < -0.39 is 0 Å². The highest BCUT2D eigenvalue weighted by Gasteiger charge is 2.21. The third-order valence-corrected chi connectivity index (χ3v) is 3.09. The number of hydrogen-bond donors (Lipinski definition) is 2. The summed E-state index contributed by atoms with van der Waals surface area (Å²) in [6.45, 7) is 6.91. The summed E-state index contributed by atoms with van der Waals surface area (Å²) in [6, 6.07) is 0.686. The molecule has 4 nitrogen and oxygen atoms in total. The van der Waals surface area contributed by atoms with Gasteiger partial charge in [-0.3, -0.25) is 4.90 Å². The van der Waals surface area contributed by atoms with Gasteiger partial charge in [0.15, 0.2) is 0 Å². The molecule has 0 amide bonds. The predicted octanol–water partition coefficient (Wildman–Crippen LogP) is 0.373. The zero-order chi connectivity index (χ0) is 12.7. The molecule has 0 aromatic heterocycles. The van der Waals surface area contributed by atoms with E-state index in [1.165, 1.54) is 12.8 Å². The Morgan fingerprint density at radius 3 is 2.47 bits per heavy atom. The molecule has 0 aliphatic heterocycles. The van der Waals surface area contributed by atoms with Crippen LogP contribution in [0.5, 0.6) is 0 Å². The second-order valence-corrected chi connectivity index (χ2v) is 5.44. The van der Waals surface area contributed by atoms with Gasteiger partial charge in [-0.25, -0.2) is 0 Å². The van der Waals surface area contributed by atoms with E-state index >= 15 is 0 Å². The molecule has 1 aliphatic rings. The topological polar surface area (TPSA) is 38.7 Å². The molecule has 102 valence electrons. The molecule has 1 fully saturated rings. The van der Waals surface area contributed by atoms with E-state index in [2.05, 4.69) is 36.1 Å². The lowest BCUT2D eigenvalue weighted by Gasteiger charge is -2.26. The molecule has 4 heteroatoms. The number of nitrogens with zero attached hydrogens (tertiary/aromatic N) is 2. The molecule has 0 aromatic rings. The Morgan fingerprint density at radius 1 is 1.24 bits per heavy atom. The summed E-state index contributed by atoms with van der Waals surface area (Å²) in [5.74, 6) is 0. The van der Waals surface area contributed by atoms with Gasteiger partial charge in [0.2, 0.25) is 0 Å². The number of hydrogen-bond acceptors (Lipinski definition) is 4. The standard InChI is InChI=1S/C13H29N3O/c1-4-7-16(9-8-15(2)3)11-13(17)10-14-12-5-6-12/h12-14,17H,4-11H2,1-3H3. The van der Waals surface area contributed by atoms with Gasteiger partial charge in [-0.15, -0.1) is 0 Å². The van der Waals surface area contributed by atoms with Crippen molar-refractivity contribution in [3.63, 3.8) is 0 Å². The van der Waals surface area contributed by atoms with Crippen molar-refractivity contribution in [3.8, 4) is 0 Å². The second-order valence-electron chi connectivity index (χ2n) is 5.44. The molecule has 1 rings (SSSR count). The summed E-state index contributed by atoms with van der Waals surface area (Å²) >= 11 is 0. The monoisotopic (exact) mass is 243 g/mol. The lowest BCUT2D eigenvalue weighted by molar-refractivity contribution is 0.106. The number of aliphatic hydroxyl groups excluding tert-OH is 1. The van der Waals surface area contributed by atoms with E-state index in [1.54, 1.807) is 0 Å². The summed E-state index contributed by atoms with van der Waals surface area (Å²) in [6.07, 6.45) is 3.48. The number of rotatable bonds is 10. The van der Waals surface area contributed by atoms with Gasteiger partial charge in [-0.2, -0.15) is 0 Å². The van der Waals surface area contributed by atoms with Crippen LogP contribution in [0, 0.1) is 0 Å². The fourth-order valence-corrected chi connectivity index (χ4v) is 1.90. The van der Waals surface area contributed by atoms with Gasteiger partial charge in [0.25, 0.3) is 0 Å². The Bertz CT molecular complexity index is 195. The minimum Gasteiger partial charge on any atom is -0.390 e. The molecular formula is C13H29N3O. The molecule has 0 saturated heterocycles. The van der Waals surface area contributed by atoms with Crippen LogP contribution in [0.25, 0.3) is 0 Å². The van der Waals surface area contributed by atoms with Crippen LogP contribution < -0.4 is 5.32 Å². The summed E-state index contributed by atoms with van der Waals surface area (Å²) in [5.41, 5.74) is 0. The van der Waals surface area contributed by atoms with Crippen LogP contribution in [0.15, 0.2) is 0 Å². The summed E-state index contributed by atoms with van der Waals surface area (Å²) in [4.78, 5) is 4.55. The average Bonchev–Trinajstić information content (AvgIpc) is 3.07. The molecule has 0 aromatic carbocycles. The third kappa shape index (κ3) is 7.71. The van der Waals surface area contributed by atoms with Gasteiger partial charge < -0.3 is 15.3 Å². The van der Waals surface area contributed by atoms with Crippen molar-refractivity contribution in [1.29, 1.82) is 0 Å². The summed E-state index contributed by atoms with van der Waals surface area (Å²) < 4.78 is 0. The first-order valence-electron chi connectivity index (χ1n) is 6.90. The van der Waals surface area contributed by atoms with Crippen molar-refractivity contribution in [1.82, 2.24) is 15.1 Å². The molecular weight excluding hydrogens is 214 g/mol. The minimum atomic E-state index is -0.232. The van der Waals surface area contributed by atoms with Gasteiger partial charge in [0, 0.05) is 32.2 Å². The number of nitrogens with one attached hydrogen (secondary N) is 1. The Hall–Kier alpha value is -0.160. The maximum atomic E-state index is 9.97. The fraction of sp³-hybridized carbons (Fsp3) is 1.00.